The van der Waals surface area contributed by atoms with E-state index in [-0.39, 0.29) is 16.8 Å². The molecule has 0 rings (SSSR count). The Labute approximate surface area is 37.1 Å². The second-order valence-electron chi connectivity index (χ2n) is 0.289. The predicted octanol–water partition coefficient (Wildman–Crippen LogP) is 1.00. The van der Waals surface area contributed by atoms with Crippen LogP contribution < -0.4 is 0 Å². The molecule has 26 valence electrons. The standard InChI is InChI=1S/C3H5.Co/c1-3-2;/h3H,1-2H2;. The first kappa shape index (κ1) is 8.87. The van der Waals surface area contributed by atoms with Gasteiger partial charge in [-0.25, -0.2) is 0 Å². The Balaban J connectivity index is 0. The minimum Gasteiger partial charge on any atom is -0.103 e. The van der Waals surface area contributed by atoms with Crippen LogP contribution in [-0.2, 0) is 16.8 Å². The molecule has 0 fully saturated rings. The van der Waals surface area contributed by atoms with Crippen LogP contribution in [0.15, 0.2) is 12.7 Å². The molecule has 0 aromatic rings. The molecule has 0 N–H and O–H groups in total. The SMILES string of the molecule is [CH2]C=C.[Co]. The van der Waals surface area contributed by atoms with E-state index in [9.17, 15) is 0 Å². The van der Waals surface area contributed by atoms with E-state index in [4.69, 9.17) is 0 Å². The molecule has 0 aliphatic heterocycles. The molecule has 0 bridgehead atoms. The Bertz CT molecular complexity index is 10.8. The Morgan fingerprint density at radius 3 is 1.50 bits per heavy atom. The van der Waals surface area contributed by atoms with Gasteiger partial charge in [-0.3, -0.25) is 0 Å². The Morgan fingerprint density at radius 2 is 1.50 bits per heavy atom. The molecule has 0 nitrogen and oxygen atoms in total. The molecule has 0 aromatic carbocycles. The first-order valence-electron chi connectivity index (χ1n) is 0.816. The van der Waals surface area contributed by atoms with Crippen molar-refractivity contribution in [1.29, 1.82) is 0 Å². The van der Waals surface area contributed by atoms with Crippen LogP contribution in [0.4, 0.5) is 0 Å². The minimum atomic E-state index is 0. The fourth-order valence-electron chi connectivity index (χ4n) is 0. The molecule has 0 amide bonds. The predicted molar refractivity (Wildman–Crippen MR) is 15.6 cm³/mol. The van der Waals surface area contributed by atoms with Gasteiger partial charge in [0, 0.05) is 16.8 Å². The van der Waals surface area contributed by atoms with Crippen molar-refractivity contribution in [2.24, 2.45) is 0 Å². The van der Waals surface area contributed by atoms with Crippen LogP contribution in [0.5, 0.6) is 0 Å². The van der Waals surface area contributed by atoms with Gasteiger partial charge in [-0.05, 0) is 6.92 Å². The van der Waals surface area contributed by atoms with E-state index >= 15 is 0 Å². The zero-order chi connectivity index (χ0) is 2.71. The van der Waals surface area contributed by atoms with Crippen LogP contribution in [0.2, 0.25) is 0 Å². The first-order chi connectivity index (χ1) is 1.41. The van der Waals surface area contributed by atoms with Gasteiger partial charge < -0.3 is 0 Å². The summed E-state index contributed by atoms with van der Waals surface area (Å²) >= 11 is 0. The molecule has 0 aliphatic carbocycles. The fraction of sp³-hybridized carbons (Fsp3) is 0. The van der Waals surface area contributed by atoms with Crippen LogP contribution in [0, 0.1) is 6.92 Å². The van der Waals surface area contributed by atoms with Crippen molar-refractivity contribution in [3.8, 4) is 0 Å². The van der Waals surface area contributed by atoms with Crippen molar-refractivity contribution < 1.29 is 16.8 Å². The fourth-order valence-corrected chi connectivity index (χ4v) is 0. The van der Waals surface area contributed by atoms with Gasteiger partial charge in [0.25, 0.3) is 0 Å². The molecule has 0 saturated carbocycles. The summed E-state index contributed by atoms with van der Waals surface area (Å²) in [6, 6.07) is 0. The molecular weight excluding hydrogens is 95.0 g/mol. The summed E-state index contributed by atoms with van der Waals surface area (Å²) in [4.78, 5) is 0. The minimum absolute atomic E-state index is 0. The maximum Gasteiger partial charge on any atom is 0 e. The molecule has 0 aromatic heterocycles. The molecular formula is C3H5Co. The van der Waals surface area contributed by atoms with Gasteiger partial charge in [-0.2, -0.15) is 0 Å². The Hall–Kier alpha value is 0.246. The van der Waals surface area contributed by atoms with Crippen molar-refractivity contribution in [2.75, 3.05) is 0 Å². The topological polar surface area (TPSA) is 0 Å². The quantitative estimate of drug-likeness (QED) is 0.426. The van der Waals surface area contributed by atoms with E-state index in [1.54, 1.807) is 0 Å². The van der Waals surface area contributed by atoms with Crippen molar-refractivity contribution in [1.82, 2.24) is 0 Å². The monoisotopic (exact) mass is 100.0 g/mol. The van der Waals surface area contributed by atoms with Gasteiger partial charge in [0.1, 0.15) is 0 Å². The summed E-state index contributed by atoms with van der Waals surface area (Å²) in [5.74, 6) is 0. The molecule has 0 saturated heterocycles. The maximum absolute atomic E-state index is 3.25. The maximum atomic E-state index is 3.25. The summed E-state index contributed by atoms with van der Waals surface area (Å²) < 4.78 is 0. The molecule has 0 atom stereocenters. The molecule has 0 spiro atoms. The van der Waals surface area contributed by atoms with E-state index in [0.29, 0.717) is 0 Å². The van der Waals surface area contributed by atoms with E-state index in [0.717, 1.165) is 0 Å². The van der Waals surface area contributed by atoms with Crippen LogP contribution in [0.3, 0.4) is 0 Å². The molecule has 4 heavy (non-hydrogen) atoms. The van der Waals surface area contributed by atoms with E-state index < -0.39 is 0 Å². The van der Waals surface area contributed by atoms with Gasteiger partial charge in [-0.15, -0.1) is 6.58 Å². The van der Waals surface area contributed by atoms with Gasteiger partial charge in [0.2, 0.25) is 0 Å². The normalized spacial score (nSPS) is 3.25. The summed E-state index contributed by atoms with van der Waals surface area (Å²) in [5, 5.41) is 0. The van der Waals surface area contributed by atoms with Crippen molar-refractivity contribution in [3.63, 3.8) is 0 Å². The van der Waals surface area contributed by atoms with Crippen LogP contribution >= 0.6 is 0 Å². The third-order valence-corrected chi connectivity index (χ3v) is 0. The largest absolute Gasteiger partial charge is 0.103 e. The Kier molecular flexibility index (Phi) is 23.4. The summed E-state index contributed by atoms with van der Waals surface area (Å²) in [6.45, 7) is 6.50. The van der Waals surface area contributed by atoms with E-state index in [1.165, 1.54) is 6.08 Å². The van der Waals surface area contributed by atoms with Crippen LogP contribution in [0.1, 0.15) is 0 Å². The zero-order valence-electron chi connectivity index (χ0n) is 2.32. The second-order valence-corrected chi connectivity index (χ2v) is 0.289. The van der Waals surface area contributed by atoms with Crippen molar-refractivity contribution in [2.45, 2.75) is 0 Å². The van der Waals surface area contributed by atoms with Gasteiger partial charge in [0.15, 0.2) is 0 Å². The van der Waals surface area contributed by atoms with E-state index in [1.807, 2.05) is 0 Å². The number of allylic oxidation sites excluding steroid dienone is 1. The van der Waals surface area contributed by atoms with Gasteiger partial charge in [-0.1, -0.05) is 6.08 Å². The number of rotatable bonds is 0. The van der Waals surface area contributed by atoms with Crippen molar-refractivity contribution in [3.05, 3.63) is 19.6 Å². The van der Waals surface area contributed by atoms with Crippen LogP contribution in [-0.4, -0.2) is 0 Å². The average molecular weight is 100 g/mol. The Morgan fingerprint density at radius 1 is 1.50 bits per heavy atom. The third-order valence-electron chi connectivity index (χ3n) is 0. The summed E-state index contributed by atoms with van der Waals surface area (Å²) in [7, 11) is 0. The van der Waals surface area contributed by atoms with Crippen LogP contribution in [0.25, 0.3) is 0 Å². The molecule has 0 unspecified atom stereocenters. The third kappa shape index (κ3) is 57.4. The number of hydrogen-bond donors (Lipinski definition) is 0. The van der Waals surface area contributed by atoms with Crippen molar-refractivity contribution >= 4 is 0 Å². The van der Waals surface area contributed by atoms with Gasteiger partial charge >= 0.3 is 0 Å². The summed E-state index contributed by atoms with van der Waals surface area (Å²) in [5.41, 5.74) is 0. The number of hydrogen-bond acceptors (Lipinski definition) is 0. The molecule has 0 heterocycles. The zero-order valence-corrected chi connectivity index (χ0v) is 3.37. The molecule has 1 heteroatoms. The van der Waals surface area contributed by atoms with E-state index in [2.05, 4.69) is 13.5 Å². The first-order valence-corrected chi connectivity index (χ1v) is 0.816. The average Bonchev–Trinajstić information content (AvgIpc) is 0.918. The summed E-state index contributed by atoms with van der Waals surface area (Å²) in [6.07, 6.45) is 1.50. The van der Waals surface area contributed by atoms with Gasteiger partial charge in [0.05, 0.1) is 0 Å². The molecule has 2 radical (unpaired) electrons. The molecule has 0 aliphatic rings. The second kappa shape index (κ2) is 10.5. The smallest absolute Gasteiger partial charge is 0 e.